The van der Waals surface area contributed by atoms with Gasteiger partial charge in [0.15, 0.2) is 17.7 Å². The number of aliphatic hydroxyl groups excluding tert-OH is 2. The summed E-state index contributed by atoms with van der Waals surface area (Å²) in [5.41, 5.74) is 6.41. The van der Waals surface area contributed by atoms with Gasteiger partial charge in [0.05, 0.1) is 19.0 Å². The molecule has 2 unspecified atom stereocenters. The van der Waals surface area contributed by atoms with Gasteiger partial charge in [-0.1, -0.05) is 0 Å². The van der Waals surface area contributed by atoms with Gasteiger partial charge < -0.3 is 20.7 Å². The molecule has 14 nitrogen and oxygen atoms in total. The fraction of sp³-hybridized carbons (Fsp3) is 0.647. The van der Waals surface area contributed by atoms with E-state index in [2.05, 4.69) is 20.0 Å². The van der Waals surface area contributed by atoms with Crippen molar-refractivity contribution in [3.63, 3.8) is 0 Å². The normalized spacial score (nSPS) is 30.6. The third-order valence-electron chi connectivity index (χ3n) is 5.72. The van der Waals surface area contributed by atoms with Crippen LogP contribution in [0.3, 0.4) is 0 Å². The Kier molecular flexibility index (Phi) is 6.45. The number of hydrogen-bond acceptors (Lipinski definition) is 12. The van der Waals surface area contributed by atoms with Crippen LogP contribution in [0.4, 0.5) is 5.82 Å². The highest BCUT2D eigenvalue weighted by atomic mass is 31.2. The van der Waals surface area contributed by atoms with Crippen LogP contribution in [0.25, 0.3) is 11.2 Å². The average Bonchev–Trinajstić information content (AvgIpc) is 3.46. The van der Waals surface area contributed by atoms with E-state index in [0.29, 0.717) is 17.6 Å². The van der Waals surface area contributed by atoms with Crippen LogP contribution in [-0.4, -0.2) is 92.2 Å². The van der Waals surface area contributed by atoms with E-state index in [0.717, 1.165) is 20.1 Å². The topological polar surface area (TPSA) is 187 Å². The lowest BCUT2D eigenvalue weighted by Crippen LogP contribution is -2.41. The molecule has 2 aliphatic rings. The molecule has 0 spiro atoms. The number of anilines is 1. The van der Waals surface area contributed by atoms with Crippen molar-refractivity contribution in [3.05, 3.63) is 12.7 Å². The Morgan fingerprint density at radius 2 is 2.16 bits per heavy atom. The van der Waals surface area contributed by atoms with Gasteiger partial charge >= 0.3 is 7.75 Å². The van der Waals surface area contributed by atoms with Crippen LogP contribution in [0.2, 0.25) is 0 Å². The lowest BCUT2D eigenvalue weighted by atomic mass is 10.1. The number of imidazole rings is 1. The van der Waals surface area contributed by atoms with Crippen molar-refractivity contribution in [1.29, 1.82) is 0 Å². The Morgan fingerprint density at radius 3 is 2.84 bits per heavy atom. The molecule has 4 heterocycles. The van der Waals surface area contributed by atoms with Gasteiger partial charge in [-0.2, -0.15) is 0 Å². The van der Waals surface area contributed by atoms with Crippen molar-refractivity contribution < 1.29 is 33.4 Å². The summed E-state index contributed by atoms with van der Waals surface area (Å²) in [4.78, 5) is 26.4. The second kappa shape index (κ2) is 8.98. The van der Waals surface area contributed by atoms with E-state index in [4.69, 9.17) is 19.5 Å². The monoisotopic (exact) mass is 471 g/mol. The summed E-state index contributed by atoms with van der Waals surface area (Å²) in [6, 6.07) is -0.425. The molecule has 4 rings (SSSR count). The fourth-order valence-corrected chi connectivity index (χ4v) is 4.93. The summed E-state index contributed by atoms with van der Waals surface area (Å²) in [6.07, 6.45) is -0.765. The van der Waals surface area contributed by atoms with Gasteiger partial charge in [0.1, 0.15) is 30.2 Å². The summed E-state index contributed by atoms with van der Waals surface area (Å²) in [5, 5.41) is 23.3. The minimum atomic E-state index is -4.01. The van der Waals surface area contributed by atoms with Crippen LogP contribution >= 0.6 is 7.75 Å². The number of carbonyl (C=O) groups excluding carboxylic acids is 1. The average molecular weight is 471 g/mol. The van der Waals surface area contributed by atoms with E-state index in [1.807, 2.05) is 4.90 Å². The van der Waals surface area contributed by atoms with E-state index in [-0.39, 0.29) is 5.82 Å². The summed E-state index contributed by atoms with van der Waals surface area (Å²) >= 11 is 0. The number of amides is 1. The number of likely N-dealkylation sites (tertiary alicyclic amines) is 1. The Hall–Kier alpha value is -2.19. The molecule has 0 radical (unpaired) electrons. The van der Waals surface area contributed by atoms with E-state index >= 15 is 0 Å². The van der Waals surface area contributed by atoms with Crippen molar-refractivity contribution in [2.24, 2.45) is 0 Å². The molecule has 176 valence electrons. The summed E-state index contributed by atoms with van der Waals surface area (Å²) in [7, 11) is -1.07. The minimum absolute atomic E-state index is 0.159. The van der Waals surface area contributed by atoms with E-state index in [9.17, 15) is 19.6 Å². The van der Waals surface area contributed by atoms with Crippen molar-refractivity contribution in [2.75, 3.05) is 33.0 Å². The largest absolute Gasteiger partial charge is 0.434 e. The number of ether oxygens (including phenoxy) is 1. The summed E-state index contributed by atoms with van der Waals surface area (Å²) < 4.78 is 30.3. The molecule has 0 saturated carbocycles. The van der Waals surface area contributed by atoms with Crippen molar-refractivity contribution in [2.45, 2.75) is 43.4 Å². The molecule has 1 amide bonds. The van der Waals surface area contributed by atoms with Gasteiger partial charge in [-0.25, -0.2) is 19.5 Å². The number of nitrogens with one attached hydrogen (secondary N) is 1. The zero-order valence-corrected chi connectivity index (χ0v) is 18.5. The predicted octanol–water partition coefficient (Wildman–Crippen LogP) is -0.991. The first-order valence-electron chi connectivity index (χ1n) is 10.0. The molecule has 15 heteroatoms. The van der Waals surface area contributed by atoms with Crippen LogP contribution in [0.1, 0.15) is 19.1 Å². The molecule has 2 fully saturated rings. The van der Waals surface area contributed by atoms with Crippen molar-refractivity contribution in [3.8, 4) is 0 Å². The standard InChI is InChI=1S/C17H26N7O7P/c1-23-5-3-4-9(23)16(27)22-32(28,29-2)30-6-10-12(25)13(26)17(31-10)24-8-21-11-14(18)19-7-20-15(11)24/h7-10,12-13,17,25-26H,3-6H2,1-2H3,(H2,18,19,20)(H,22,27,28)/t9?,10-,12-,13-,17-,32?/m1/s1. The SMILES string of the molecule is COP(=O)(NC(=O)C1CCCN1C)OC[C@H]1O[C@@H](n2cnc3c(N)ncnc32)[C@H](O)[C@@H]1O. The van der Waals surface area contributed by atoms with Crippen molar-refractivity contribution in [1.82, 2.24) is 29.5 Å². The Bertz CT molecular complexity index is 1040. The number of likely N-dealkylation sites (N-methyl/N-ethyl adjacent to an activating group) is 1. The van der Waals surface area contributed by atoms with Crippen LogP contribution in [0, 0.1) is 0 Å². The summed E-state index contributed by atoms with van der Waals surface area (Å²) in [6.45, 7) is 0.349. The van der Waals surface area contributed by atoms with Gasteiger partial charge in [-0.3, -0.25) is 28.4 Å². The zero-order chi connectivity index (χ0) is 23.0. The summed E-state index contributed by atoms with van der Waals surface area (Å²) in [5.74, 6) is -0.311. The highest BCUT2D eigenvalue weighted by Crippen LogP contribution is 2.44. The Morgan fingerprint density at radius 1 is 1.38 bits per heavy atom. The number of nitrogens with two attached hydrogens (primary N) is 1. The lowest BCUT2D eigenvalue weighted by Gasteiger charge is -2.24. The van der Waals surface area contributed by atoms with Gasteiger partial charge in [0.25, 0.3) is 0 Å². The van der Waals surface area contributed by atoms with Crippen molar-refractivity contribution >= 4 is 30.6 Å². The number of carbonyl (C=O) groups is 1. The smallest absolute Gasteiger partial charge is 0.387 e. The van der Waals surface area contributed by atoms with Gasteiger partial charge in [-0.15, -0.1) is 0 Å². The van der Waals surface area contributed by atoms with Crippen LogP contribution in [0.15, 0.2) is 12.7 Å². The Labute approximate surface area is 183 Å². The van der Waals surface area contributed by atoms with Crippen LogP contribution < -0.4 is 10.8 Å². The van der Waals surface area contributed by atoms with E-state index in [1.165, 1.54) is 17.2 Å². The number of rotatable bonds is 7. The molecule has 5 N–H and O–H groups in total. The van der Waals surface area contributed by atoms with Gasteiger partial charge in [0.2, 0.25) is 5.91 Å². The Balaban J connectivity index is 1.43. The maximum absolute atomic E-state index is 12.9. The molecule has 0 aliphatic carbocycles. The minimum Gasteiger partial charge on any atom is -0.387 e. The first-order valence-corrected chi connectivity index (χ1v) is 11.6. The zero-order valence-electron chi connectivity index (χ0n) is 17.6. The quantitative estimate of drug-likeness (QED) is 0.362. The molecule has 2 aromatic rings. The maximum atomic E-state index is 12.9. The number of aromatic nitrogens is 4. The first kappa shape index (κ1) is 23.0. The second-order valence-electron chi connectivity index (χ2n) is 7.72. The van der Waals surface area contributed by atoms with E-state index < -0.39 is 50.8 Å². The third kappa shape index (κ3) is 4.22. The number of nitrogen functional groups attached to an aromatic ring is 1. The lowest BCUT2D eigenvalue weighted by molar-refractivity contribution is -0.123. The van der Waals surface area contributed by atoms with Crippen LogP contribution in [-0.2, 0) is 23.1 Å². The molecular formula is C17H26N7O7P. The second-order valence-corrected chi connectivity index (χ2v) is 9.56. The number of aliphatic hydroxyl groups is 2. The molecule has 0 bridgehead atoms. The highest BCUT2D eigenvalue weighted by molar-refractivity contribution is 7.52. The maximum Gasteiger partial charge on any atom is 0.434 e. The van der Waals surface area contributed by atoms with Gasteiger partial charge in [0, 0.05) is 7.11 Å². The molecule has 2 aromatic heterocycles. The molecule has 6 atom stereocenters. The fourth-order valence-electron chi connectivity index (χ4n) is 3.91. The number of hydrogen-bond donors (Lipinski definition) is 4. The highest BCUT2D eigenvalue weighted by Gasteiger charge is 2.46. The predicted molar refractivity (Wildman–Crippen MR) is 110 cm³/mol. The molecule has 0 aromatic carbocycles. The molecule has 2 saturated heterocycles. The van der Waals surface area contributed by atoms with Crippen LogP contribution in [0.5, 0.6) is 0 Å². The molecular weight excluding hydrogens is 445 g/mol. The van der Waals surface area contributed by atoms with E-state index in [1.54, 1.807) is 7.05 Å². The first-order chi connectivity index (χ1) is 15.2. The van der Waals surface area contributed by atoms with Gasteiger partial charge in [-0.05, 0) is 26.4 Å². The molecule has 32 heavy (non-hydrogen) atoms. The number of fused-ring (bicyclic) bond motifs is 1. The third-order valence-corrected chi connectivity index (χ3v) is 7.18. The molecule has 2 aliphatic heterocycles. The number of nitrogens with zero attached hydrogens (tertiary/aromatic N) is 5.